The van der Waals surface area contributed by atoms with Gasteiger partial charge in [-0.2, -0.15) is 0 Å². The Morgan fingerprint density at radius 1 is 0.419 bits per heavy atom. The van der Waals surface area contributed by atoms with E-state index in [0.29, 0.717) is 11.5 Å². The number of pyridine rings is 1. The van der Waals surface area contributed by atoms with E-state index in [1.165, 1.54) is 22.3 Å². The van der Waals surface area contributed by atoms with Crippen LogP contribution in [0.4, 0.5) is 34.3 Å². The summed E-state index contributed by atoms with van der Waals surface area (Å²) in [6.07, 6.45) is 1.95. The van der Waals surface area contributed by atoms with Crippen molar-refractivity contribution in [3.63, 3.8) is 0 Å². The van der Waals surface area contributed by atoms with Crippen LogP contribution in [0.5, 0.6) is 11.5 Å². The van der Waals surface area contributed by atoms with Crippen LogP contribution in [0, 0.1) is 15.9 Å². The molecule has 2 aliphatic rings. The third-order valence-corrected chi connectivity index (χ3v) is 18.3. The molecule has 7 heteroatoms. The third kappa shape index (κ3) is 9.11. The Kier molecular flexibility index (Phi) is 13.3. The molecule has 0 atom stereocenters. The Bertz CT molecular complexity index is 4550. The third-order valence-electron chi connectivity index (χ3n) is 17.3. The summed E-state index contributed by atoms with van der Waals surface area (Å²) in [5.41, 5.74) is 20.9. The molecule has 2 aromatic heterocycles. The van der Waals surface area contributed by atoms with Gasteiger partial charge in [-0.05, 0) is 52.3 Å². The summed E-state index contributed by atoms with van der Waals surface area (Å²) in [5.74, 6) is 1.96. The molecule has 0 radical (unpaired) electrons. The number of benzene rings is 10. The summed E-state index contributed by atoms with van der Waals surface area (Å²) in [6.45, 7) is 20.4. The summed E-state index contributed by atoms with van der Waals surface area (Å²) in [4.78, 5) is 9.98. The molecule has 0 unspecified atom stereocenters. The Labute approximate surface area is 516 Å². The van der Waals surface area contributed by atoms with Gasteiger partial charge >= 0.3 is 331 Å². The first-order valence-corrected chi connectivity index (χ1v) is 30.8. The predicted molar refractivity (Wildman–Crippen MR) is 350 cm³/mol. The van der Waals surface area contributed by atoms with E-state index < -0.39 is 5.41 Å². The molecule has 4 heterocycles. The Morgan fingerprint density at radius 3 is 1.49 bits per heavy atom. The van der Waals surface area contributed by atoms with Gasteiger partial charge in [0.2, 0.25) is 0 Å². The molecule has 12 aromatic rings. The Hall–Kier alpha value is -9.09. The molecule has 0 saturated carbocycles. The van der Waals surface area contributed by atoms with Gasteiger partial charge in [-0.15, -0.1) is 0 Å². The average molecular weight is 1300 g/mol. The minimum absolute atomic E-state index is 0.0151. The van der Waals surface area contributed by atoms with Gasteiger partial charge in [0.1, 0.15) is 0 Å². The van der Waals surface area contributed by atoms with Crippen molar-refractivity contribution < 1.29 is 24.1 Å². The number of nitrogens with zero attached hydrogens (tertiary/aromatic N) is 5. The number of hydrogen-bond acceptors (Lipinski definition) is 4. The van der Waals surface area contributed by atoms with E-state index in [4.69, 9.17) is 9.72 Å². The summed E-state index contributed by atoms with van der Waals surface area (Å²) in [6, 6.07) is 93.9. The van der Waals surface area contributed by atoms with Gasteiger partial charge in [0, 0.05) is 23.3 Å². The fourth-order valence-electron chi connectivity index (χ4n) is 13.0. The van der Waals surface area contributed by atoms with Crippen molar-refractivity contribution in [2.45, 2.75) is 84.0 Å². The number of imidazole rings is 1. The van der Waals surface area contributed by atoms with Crippen molar-refractivity contribution in [3.8, 4) is 45.1 Å². The minimum Gasteiger partial charge on any atom is -0.0618 e. The molecular weight excluding hydrogens is 1230 g/mol. The van der Waals surface area contributed by atoms with Gasteiger partial charge in [-0.25, -0.2) is 0 Å². The van der Waals surface area contributed by atoms with Gasteiger partial charge in [0.25, 0.3) is 0 Å². The van der Waals surface area contributed by atoms with Crippen LogP contribution >= 0.6 is 0 Å². The number of hydrogen-bond donors (Lipinski definition) is 0. The van der Waals surface area contributed by atoms with E-state index in [1.807, 2.05) is 6.20 Å². The van der Waals surface area contributed by atoms with E-state index in [2.05, 4.69) is 349 Å². The van der Waals surface area contributed by atoms with Crippen molar-refractivity contribution in [2.75, 3.05) is 9.80 Å². The van der Waals surface area contributed by atoms with Crippen LogP contribution in [0.25, 0.3) is 44.7 Å². The zero-order valence-electron chi connectivity index (χ0n) is 50.1. The Balaban J connectivity index is 0.977. The molecule has 10 aromatic carbocycles. The molecule has 1 spiro atoms. The number of anilines is 6. The SMILES string of the molecule is CC(C)(C)c1ccc(N2c3ccccc3C3(c4ccc(Oc5[c-]c(-n6[c](=[Pt])n(-c7c(-c8ccccc8)cccc7-c7ccccc7)c7ccccc76)cc(C(C)(C)C)c5)[c-]c4N(c4cc(C(C)(C)C)ccn4)c4ccccc43)c3ccccc32)cc1. The van der Waals surface area contributed by atoms with Crippen LogP contribution in [-0.4, -0.2) is 14.1 Å². The van der Waals surface area contributed by atoms with E-state index in [9.17, 15) is 0 Å². The molecular formula is C79H67N5OPt-2. The van der Waals surface area contributed by atoms with Crippen LogP contribution in [0.3, 0.4) is 0 Å². The topological polar surface area (TPSA) is 38.5 Å². The van der Waals surface area contributed by atoms with E-state index in [0.717, 1.165) is 99.4 Å². The molecule has 14 rings (SSSR count). The number of fused-ring (bicyclic) bond motifs is 9. The maximum atomic E-state index is 7.32. The van der Waals surface area contributed by atoms with Crippen LogP contribution in [0.1, 0.15) is 101 Å². The number of aromatic nitrogens is 3. The second-order valence-electron chi connectivity index (χ2n) is 25.8. The number of para-hydroxylation sites is 6. The van der Waals surface area contributed by atoms with Crippen LogP contribution in [-0.2, 0) is 41.0 Å². The normalized spacial score (nSPS) is 13.5. The first-order valence-electron chi connectivity index (χ1n) is 29.7. The van der Waals surface area contributed by atoms with Crippen molar-refractivity contribution in [1.29, 1.82) is 0 Å². The Morgan fingerprint density at radius 2 is 0.930 bits per heavy atom. The van der Waals surface area contributed by atoms with Crippen molar-refractivity contribution >= 4 is 45.3 Å². The molecule has 6 nitrogen and oxygen atoms in total. The first kappa shape index (κ1) is 54.8. The molecule has 0 saturated heterocycles. The minimum atomic E-state index is -0.791. The summed E-state index contributed by atoms with van der Waals surface area (Å²) in [5, 5.41) is 0. The molecule has 86 heavy (non-hydrogen) atoms. The molecule has 2 aliphatic heterocycles. The molecule has 0 bridgehead atoms. The van der Waals surface area contributed by atoms with Crippen LogP contribution in [0.2, 0.25) is 0 Å². The van der Waals surface area contributed by atoms with Gasteiger partial charge in [-0.1, -0.05) is 108 Å². The van der Waals surface area contributed by atoms with E-state index >= 15 is 0 Å². The average Bonchev–Trinajstić information content (AvgIpc) is 0.809. The molecule has 0 fully saturated rings. The van der Waals surface area contributed by atoms with Crippen molar-refractivity contribution in [2.24, 2.45) is 0 Å². The van der Waals surface area contributed by atoms with E-state index in [1.54, 1.807) is 0 Å². The summed E-state index contributed by atoms with van der Waals surface area (Å²) >= 11 is 2.53. The maximum absolute atomic E-state index is 7.32. The number of ether oxygens (including phenoxy) is 1. The van der Waals surface area contributed by atoms with Crippen LogP contribution in [0.15, 0.2) is 243 Å². The molecule has 0 amide bonds. The monoisotopic (exact) mass is 1300 g/mol. The summed E-state index contributed by atoms with van der Waals surface area (Å²) < 4.78 is 13.1. The summed E-state index contributed by atoms with van der Waals surface area (Å²) in [7, 11) is 0. The fourth-order valence-corrected chi connectivity index (χ4v) is 14.1. The standard InChI is InChI=1S/C79H67N5O.Pt/c1-76(2,3)55-39-41-58(42-40-55)83-68-34-19-16-31-64(68)79(65-32-17-20-35-69(65)83)66-33-18-21-36-70(66)84(74-49-56(45-46-80-74)77(4,5)6)73-51-60(43-44-67(73)79)85-61-48-57(78(7,8)9)47-59(50-61)81-52-82(72-38-23-22-37-71(72)81)75-62(53-25-12-10-13-26-53)29-24-30-63(75)54-27-14-11-15-28-54;/h10-49H,1-9H3;/q-2;. The molecule has 426 valence electrons. The fraction of sp³-hybridized carbons (Fsp3) is 0.165. The van der Waals surface area contributed by atoms with E-state index in [-0.39, 0.29) is 16.2 Å². The second-order valence-corrected chi connectivity index (χ2v) is 26.8. The zero-order valence-corrected chi connectivity index (χ0v) is 52.3. The zero-order chi connectivity index (χ0) is 59.3. The van der Waals surface area contributed by atoms with Gasteiger partial charge in [0.15, 0.2) is 0 Å². The first-order chi connectivity index (χ1) is 41.5. The van der Waals surface area contributed by atoms with Crippen LogP contribution < -0.4 is 14.5 Å². The van der Waals surface area contributed by atoms with Gasteiger partial charge < -0.3 is 4.90 Å². The van der Waals surface area contributed by atoms with Crippen molar-refractivity contribution in [1.82, 2.24) is 14.1 Å². The molecule has 0 N–H and O–H groups in total. The smallest absolute Gasteiger partial charge is 0.0618 e. The van der Waals surface area contributed by atoms with Gasteiger partial charge in [-0.3, -0.25) is 0 Å². The predicted octanol–water partition coefficient (Wildman–Crippen LogP) is 20.5. The van der Waals surface area contributed by atoms with Crippen molar-refractivity contribution in [3.05, 3.63) is 298 Å². The number of rotatable bonds is 8. The quantitative estimate of drug-likeness (QED) is 0.142. The molecule has 0 aliphatic carbocycles. The second kappa shape index (κ2) is 20.9. The van der Waals surface area contributed by atoms with Gasteiger partial charge in [0.05, 0.1) is 0 Å².